The monoisotopic (exact) mass is 491 g/mol. The first-order valence-corrected chi connectivity index (χ1v) is 11.5. The van der Waals surface area contributed by atoms with Crippen LogP contribution in [0, 0.1) is 5.82 Å². The third kappa shape index (κ3) is 4.12. The zero-order chi connectivity index (χ0) is 24.5. The van der Waals surface area contributed by atoms with Crippen molar-refractivity contribution in [1.82, 2.24) is 14.1 Å². The Bertz CT molecular complexity index is 1590. The van der Waals surface area contributed by atoms with Crippen molar-refractivity contribution in [2.24, 2.45) is 0 Å². The lowest BCUT2D eigenvalue weighted by Gasteiger charge is -2.12. The number of hydrogen-bond acceptors (Lipinski definition) is 4. The normalized spacial score (nSPS) is 11.3. The van der Waals surface area contributed by atoms with Gasteiger partial charge in [0.2, 0.25) is 0 Å². The van der Waals surface area contributed by atoms with E-state index in [1.165, 1.54) is 6.07 Å². The molecule has 2 aromatic heterocycles. The van der Waals surface area contributed by atoms with E-state index in [0.717, 1.165) is 16.5 Å². The lowest BCUT2D eigenvalue weighted by molar-refractivity contribution is 0.354. The number of para-hydroxylation sites is 1. The molecule has 178 valence electrons. The minimum absolute atomic E-state index is 0.117. The third-order valence-electron chi connectivity index (χ3n) is 6.20. The summed E-state index contributed by atoms with van der Waals surface area (Å²) in [5.74, 6) is 0.863. The Morgan fingerprint density at radius 1 is 1.00 bits per heavy atom. The number of methoxy groups -OCH3 is 2. The van der Waals surface area contributed by atoms with Crippen molar-refractivity contribution in [2.75, 3.05) is 14.2 Å². The first kappa shape index (κ1) is 22.9. The number of hydrogen-bond donors (Lipinski definition) is 0. The Morgan fingerprint density at radius 3 is 2.57 bits per heavy atom. The molecule has 0 amide bonds. The molecule has 5 aromatic rings. The van der Waals surface area contributed by atoms with Crippen molar-refractivity contribution >= 4 is 33.5 Å². The molecule has 0 radical (unpaired) electrons. The standard InChI is InChI=1S/C27H23ClFN3O3/c1-34-23-11-10-17(14-24(23)35-2)12-13-31-16-30-25-18-6-3-4-9-22(18)32(26(25)27(31)33)15-19-20(28)7-5-8-21(19)29/h3-11,14,16H,12-13,15H2,1-2H3. The van der Waals surface area contributed by atoms with E-state index in [9.17, 15) is 9.18 Å². The lowest BCUT2D eigenvalue weighted by Crippen LogP contribution is -2.23. The van der Waals surface area contributed by atoms with Gasteiger partial charge in [-0.2, -0.15) is 0 Å². The van der Waals surface area contributed by atoms with E-state index in [1.54, 1.807) is 41.8 Å². The number of benzene rings is 3. The van der Waals surface area contributed by atoms with Gasteiger partial charge in [-0.1, -0.05) is 41.9 Å². The second kappa shape index (κ2) is 9.43. The van der Waals surface area contributed by atoms with Gasteiger partial charge in [0.15, 0.2) is 11.5 Å². The zero-order valence-corrected chi connectivity index (χ0v) is 20.1. The molecule has 6 nitrogen and oxygen atoms in total. The minimum Gasteiger partial charge on any atom is -0.493 e. The molecule has 0 saturated heterocycles. The van der Waals surface area contributed by atoms with Crippen LogP contribution >= 0.6 is 11.6 Å². The number of halogens is 2. The molecule has 0 bridgehead atoms. The van der Waals surface area contributed by atoms with Crippen LogP contribution in [0.15, 0.2) is 71.8 Å². The van der Waals surface area contributed by atoms with Crippen molar-refractivity contribution in [3.63, 3.8) is 0 Å². The molecule has 2 heterocycles. The summed E-state index contributed by atoms with van der Waals surface area (Å²) in [5.41, 5.74) is 2.93. The number of rotatable bonds is 7. The molecule has 5 rings (SSSR count). The first-order chi connectivity index (χ1) is 17.0. The SMILES string of the molecule is COc1ccc(CCn2cnc3c4ccccc4n(Cc4c(F)cccc4Cl)c3c2=O)cc1OC. The number of ether oxygens (including phenoxy) is 2. The van der Waals surface area contributed by atoms with Crippen molar-refractivity contribution in [3.05, 3.63) is 99.3 Å². The van der Waals surface area contributed by atoms with Crippen LogP contribution in [0.4, 0.5) is 4.39 Å². The highest BCUT2D eigenvalue weighted by atomic mass is 35.5. The van der Waals surface area contributed by atoms with Gasteiger partial charge in [0.25, 0.3) is 5.56 Å². The Kier molecular flexibility index (Phi) is 6.17. The number of aromatic nitrogens is 3. The number of nitrogens with zero attached hydrogens (tertiary/aromatic N) is 3. The highest BCUT2D eigenvalue weighted by molar-refractivity contribution is 6.31. The second-order valence-electron chi connectivity index (χ2n) is 8.18. The predicted octanol–water partition coefficient (Wildman–Crippen LogP) is 5.45. The van der Waals surface area contributed by atoms with E-state index < -0.39 is 5.82 Å². The van der Waals surface area contributed by atoms with Gasteiger partial charge in [-0.25, -0.2) is 9.37 Å². The van der Waals surface area contributed by atoms with Crippen LogP contribution in [0.5, 0.6) is 11.5 Å². The average molecular weight is 492 g/mol. The molecular formula is C27H23ClFN3O3. The fourth-order valence-electron chi connectivity index (χ4n) is 4.40. The van der Waals surface area contributed by atoms with Gasteiger partial charge in [-0.3, -0.25) is 9.36 Å². The van der Waals surface area contributed by atoms with Crippen LogP contribution < -0.4 is 15.0 Å². The Hall–Kier alpha value is -3.84. The van der Waals surface area contributed by atoms with Gasteiger partial charge in [0.1, 0.15) is 16.9 Å². The summed E-state index contributed by atoms with van der Waals surface area (Å²) in [5, 5.41) is 1.15. The van der Waals surface area contributed by atoms with E-state index in [-0.39, 0.29) is 12.1 Å². The smallest absolute Gasteiger partial charge is 0.277 e. The molecule has 0 aliphatic carbocycles. The molecule has 0 atom stereocenters. The molecular weight excluding hydrogens is 469 g/mol. The molecule has 0 aliphatic rings. The van der Waals surface area contributed by atoms with Crippen LogP contribution in [0.2, 0.25) is 5.02 Å². The van der Waals surface area contributed by atoms with Crippen molar-refractivity contribution in [1.29, 1.82) is 0 Å². The molecule has 0 aliphatic heterocycles. The summed E-state index contributed by atoms with van der Waals surface area (Å²) in [7, 11) is 3.18. The van der Waals surface area contributed by atoms with E-state index in [0.29, 0.717) is 46.1 Å². The Labute approximate surface area is 206 Å². The third-order valence-corrected chi connectivity index (χ3v) is 6.56. The molecule has 0 N–H and O–H groups in total. The maximum Gasteiger partial charge on any atom is 0.277 e. The van der Waals surface area contributed by atoms with E-state index in [4.69, 9.17) is 21.1 Å². The molecule has 0 spiro atoms. The molecule has 0 saturated carbocycles. The van der Waals surface area contributed by atoms with Crippen LogP contribution in [-0.2, 0) is 19.5 Å². The quantitative estimate of drug-likeness (QED) is 0.304. The van der Waals surface area contributed by atoms with Crippen molar-refractivity contribution < 1.29 is 13.9 Å². The van der Waals surface area contributed by atoms with E-state index >= 15 is 0 Å². The fourth-order valence-corrected chi connectivity index (χ4v) is 4.62. The largest absolute Gasteiger partial charge is 0.493 e. The summed E-state index contributed by atoms with van der Waals surface area (Å²) in [6.07, 6.45) is 2.16. The summed E-state index contributed by atoms with van der Waals surface area (Å²) in [6, 6.07) is 17.9. The molecule has 0 fully saturated rings. The maximum absolute atomic E-state index is 14.6. The van der Waals surface area contributed by atoms with Crippen LogP contribution in [0.25, 0.3) is 21.9 Å². The van der Waals surface area contributed by atoms with Gasteiger partial charge < -0.3 is 14.0 Å². The summed E-state index contributed by atoms with van der Waals surface area (Å²) >= 11 is 6.31. The predicted molar refractivity (Wildman–Crippen MR) is 135 cm³/mol. The van der Waals surface area contributed by atoms with Crippen molar-refractivity contribution in [2.45, 2.75) is 19.5 Å². The van der Waals surface area contributed by atoms with Gasteiger partial charge in [0, 0.05) is 22.5 Å². The number of fused-ring (bicyclic) bond motifs is 3. The Morgan fingerprint density at radius 2 is 1.80 bits per heavy atom. The number of aryl methyl sites for hydroxylation is 2. The maximum atomic E-state index is 14.6. The fraction of sp³-hybridized carbons (Fsp3) is 0.185. The van der Waals surface area contributed by atoms with Crippen molar-refractivity contribution in [3.8, 4) is 11.5 Å². The van der Waals surface area contributed by atoms with Gasteiger partial charge in [-0.15, -0.1) is 0 Å². The summed E-state index contributed by atoms with van der Waals surface area (Å²) in [4.78, 5) is 18.3. The second-order valence-corrected chi connectivity index (χ2v) is 8.59. The average Bonchev–Trinajstić information content (AvgIpc) is 3.20. The molecule has 8 heteroatoms. The van der Waals surface area contributed by atoms with Gasteiger partial charge >= 0.3 is 0 Å². The Balaban J connectivity index is 1.58. The van der Waals surface area contributed by atoms with Gasteiger partial charge in [0.05, 0.1) is 32.6 Å². The van der Waals surface area contributed by atoms with E-state index in [2.05, 4.69) is 4.98 Å². The molecule has 35 heavy (non-hydrogen) atoms. The van der Waals surface area contributed by atoms with Crippen LogP contribution in [-0.4, -0.2) is 28.3 Å². The van der Waals surface area contributed by atoms with E-state index in [1.807, 2.05) is 42.5 Å². The minimum atomic E-state index is -0.416. The van der Waals surface area contributed by atoms with Gasteiger partial charge in [-0.05, 0) is 42.3 Å². The summed E-state index contributed by atoms with van der Waals surface area (Å²) in [6.45, 7) is 0.533. The molecule has 0 unspecified atom stereocenters. The summed E-state index contributed by atoms with van der Waals surface area (Å²) < 4.78 is 28.7. The van der Waals surface area contributed by atoms with Crippen LogP contribution in [0.3, 0.4) is 0 Å². The zero-order valence-electron chi connectivity index (χ0n) is 19.3. The first-order valence-electron chi connectivity index (χ1n) is 11.1. The lowest BCUT2D eigenvalue weighted by atomic mass is 10.1. The van der Waals surface area contributed by atoms with Crippen LogP contribution in [0.1, 0.15) is 11.1 Å². The highest BCUT2D eigenvalue weighted by Gasteiger charge is 2.18. The molecule has 3 aromatic carbocycles. The highest BCUT2D eigenvalue weighted by Crippen LogP contribution is 2.29. The topological polar surface area (TPSA) is 58.3 Å².